The van der Waals surface area contributed by atoms with Gasteiger partial charge in [0.1, 0.15) is 11.9 Å². The summed E-state index contributed by atoms with van der Waals surface area (Å²) in [6.07, 6.45) is 0.405. The van der Waals surface area contributed by atoms with Gasteiger partial charge >= 0.3 is 5.97 Å². The third-order valence-corrected chi connectivity index (χ3v) is 5.70. The number of rotatable bonds is 14. The fraction of sp³-hybridized carbons (Fsp3) is 0.400. The van der Waals surface area contributed by atoms with Crippen molar-refractivity contribution in [2.45, 2.75) is 31.8 Å². The van der Waals surface area contributed by atoms with Gasteiger partial charge in [0.15, 0.2) is 0 Å². The zero-order valence-electron chi connectivity index (χ0n) is 19.5. The number of nitrogens with zero attached hydrogens (tertiary/aromatic N) is 2. The summed E-state index contributed by atoms with van der Waals surface area (Å²) in [6, 6.07) is 10.6. The number of esters is 1. The van der Waals surface area contributed by atoms with E-state index in [9.17, 15) is 18.8 Å². The van der Waals surface area contributed by atoms with Crippen molar-refractivity contribution in [2.24, 2.45) is 5.73 Å². The van der Waals surface area contributed by atoms with E-state index in [1.54, 1.807) is 13.0 Å². The molecule has 0 aromatic heterocycles. The number of imide groups is 1. The van der Waals surface area contributed by atoms with Crippen LogP contribution in [0.1, 0.15) is 18.1 Å². The molecule has 0 unspecified atom stereocenters. The zero-order chi connectivity index (χ0) is 25.8. The smallest absolute Gasteiger partial charge is 0.329 e. The molecular weight excluding hydrogens is 496 g/mol. The summed E-state index contributed by atoms with van der Waals surface area (Å²) in [5.41, 5.74) is 8.25. The topological polar surface area (TPSA) is 92.9 Å². The van der Waals surface area contributed by atoms with Gasteiger partial charge in [0.2, 0.25) is 12.3 Å². The Morgan fingerprint density at radius 3 is 2.29 bits per heavy atom. The van der Waals surface area contributed by atoms with Crippen molar-refractivity contribution in [2.75, 3.05) is 36.4 Å². The van der Waals surface area contributed by atoms with E-state index < -0.39 is 29.8 Å². The van der Waals surface area contributed by atoms with E-state index in [0.717, 1.165) is 10.6 Å². The van der Waals surface area contributed by atoms with Gasteiger partial charge in [0.05, 0.1) is 12.6 Å². The standard InChI is InChI=1S/C25H30Cl2FN3O4/c1-2-35-25(34)23(16-19-4-3-5-21(14-19)30(12-10-26)13-11-27)31(17-32)24(33)22(29)15-18-6-8-20(28)9-7-18/h3-9,14,17,22-23H,2,10-13,15-16,29H2,1H3/t22-,23-/m0/s1. The normalized spacial score (nSPS) is 12.5. The first-order valence-electron chi connectivity index (χ1n) is 11.2. The Labute approximate surface area is 214 Å². The molecule has 0 fully saturated rings. The number of nitrogens with two attached hydrogens (primary N) is 1. The van der Waals surface area contributed by atoms with Crippen LogP contribution in [-0.2, 0) is 32.0 Å². The van der Waals surface area contributed by atoms with Gasteiger partial charge in [-0.2, -0.15) is 0 Å². The maximum atomic E-state index is 13.2. The second kappa shape index (κ2) is 14.7. The molecule has 0 aliphatic rings. The number of halogens is 3. The molecular formula is C25H30Cl2FN3O4. The summed E-state index contributed by atoms with van der Waals surface area (Å²) in [7, 11) is 0. The largest absolute Gasteiger partial charge is 0.464 e. The van der Waals surface area contributed by atoms with E-state index in [-0.39, 0.29) is 19.4 Å². The van der Waals surface area contributed by atoms with Crippen LogP contribution in [0.2, 0.25) is 0 Å². The van der Waals surface area contributed by atoms with Crippen molar-refractivity contribution in [3.63, 3.8) is 0 Å². The lowest BCUT2D eigenvalue weighted by Crippen LogP contribution is -2.52. The van der Waals surface area contributed by atoms with Gasteiger partial charge in [0.25, 0.3) is 0 Å². The molecule has 0 spiro atoms. The summed E-state index contributed by atoms with van der Waals surface area (Å²) < 4.78 is 18.3. The molecule has 2 atom stereocenters. The minimum absolute atomic E-state index is 0.0377. The third kappa shape index (κ3) is 8.49. The molecule has 10 heteroatoms. The van der Waals surface area contributed by atoms with E-state index in [0.29, 0.717) is 42.4 Å². The summed E-state index contributed by atoms with van der Waals surface area (Å²) >= 11 is 11.8. The number of alkyl halides is 2. The molecule has 0 saturated carbocycles. The van der Waals surface area contributed by atoms with Crippen LogP contribution in [0.5, 0.6) is 0 Å². The van der Waals surface area contributed by atoms with Gasteiger partial charge in [-0.1, -0.05) is 24.3 Å². The predicted octanol–water partition coefficient (Wildman–Crippen LogP) is 3.14. The van der Waals surface area contributed by atoms with Crippen LogP contribution in [0.4, 0.5) is 10.1 Å². The Morgan fingerprint density at radius 2 is 1.71 bits per heavy atom. The highest BCUT2D eigenvalue weighted by Crippen LogP contribution is 2.20. The SMILES string of the molecule is CCOC(=O)[C@H](Cc1cccc(N(CCCl)CCCl)c1)N(C=O)C(=O)[C@@H](N)Cc1ccc(F)cc1. The maximum absolute atomic E-state index is 13.2. The van der Waals surface area contributed by atoms with Gasteiger partial charge in [-0.05, 0) is 48.7 Å². The van der Waals surface area contributed by atoms with Gasteiger partial charge < -0.3 is 15.4 Å². The Balaban J connectivity index is 2.28. The molecule has 2 amide bonds. The molecule has 2 aromatic rings. The molecule has 0 saturated heterocycles. The van der Waals surface area contributed by atoms with E-state index in [4.69, 9.17) is 33.7 Å². The minimum atomic E-state index is -1.20. The number of carbonyl (C=O) groups is 3. The van der Waals surface area contributed by atoms with E-state index >= 15 is 0 Å². The minimum Gasteiger partial charge on any atom is -0.464 e. The highest BCUT2D eigenvalue weighted by Gasteiger charge is 2.34. The second-order valence-corrected chi connectivity index (χ2v) is 8.55. The Morgan fingerprint density at radius 1 is 1.06 bits per heavy atom. The second-order valence-electron chi connectivity index (χ2n) is 7.79. The lowest BCUT2D eigenvalue weighted by atomic mass is 10.0. The van der Waals surface area contributed by atoms with Crippen molar-refractivity contribution in [1.29, 1.82) is 0 Å². The van der Waals surface area contributed by atoms with Crippen LogP contribution in [0.25, 0.3) is 0 Å². The Kier molecular flexibility index (Phi) is 12.0. The molecule has 0 aliphatic heterocycles. The van der Waals surface area contributed by atoms with Crippen molar-refractivity contribution in [3.8, 4) is 0 Å². The quantitative estimate of drug-likeness (QED) is 0.231. The fourth-order valence-corrected chi connectivity index (χ4v) is 4.05. The van der Waals surface area contributed by atoms with Gasteiger partial charge in [-0.3, -0.25) is 14.5 Å². The average Bonchev–Trinajstić information content (AvgIpc) is 2.85. The molecule has 35 heavy (non-hydrogen) atoms. The lowest BCUT2D eigenvalue weighted by molar-refractivity contribution is -0.158. The number of anilines is 1. The van der Waals surface area contributed by atoms with Crippen LogP contribution in [-0.4, -0.2) is 66.7 Å². The van der Waals surface area contributed by atoms with Crippen LogP contribution in [0.3, 0.4) is 0 Å². The van der Waals surface area contributed by atoms with E-state index in [1.165, 1.54) is 24.3 Å². The summed E-state index contributed by atoms with van der Waals surface area (Å²) in [6.45, 7) is 2.88. The zero-order valence-corrected chi connectivity index (χ0v) is 21.1. The summed E-state index contributed by atoms with van der Waals surface area (Å²) in [4.78, 5) is 40.7. The summed E-state index contributed by atoms with van der Waals surface area (Å²) in [5.74, 6) is -1.05. The van der Waals surface area contributed by atoms with Gasteiger partial charge in [-0.15, -0.1) is 23.2 Å². The Hall–Kier alpha value is -2.68. The van der Waals surface area contributed by atoms with Gasteiger partial charge in [-0.25, -0.2) is 9.18 Å². The first kappa shape index (κ1) is 28.6. The van der Waals surface area contributed by atoms with Crippen LogP contribution >= 0.6 is 23.2 Å². The third-order valence-electron chi connectivity index (χ3n) is 5.36. The monoisotopic (exact) mass is 525 g/mol. The number of ether oxygens (including phenoxy) is 1. The Bertz CT molecular complexity index is 971. The highest BCUT2D eigenvalue weighted by molar-refractivity contribution is 6.18. The average molecular weight is 526 g/mol. The number of amides is 2. The van der Waals surface area contributed by atoms with Crippen molar-refractivity contribution >= 4 is 47.2 Å². The van der Waals surface area contributed by atoms with E-state index in [2.05, 4.69) is 0 Å². The molecule has 0 bridgehead atoms. The fourth-order valence-electron chi connectivity index (χ4n) is 3.64. The lowest BCUT2D eigenvalue weighted by Gasteiger charge is -2.28. The van der Waals surface area contributed by atoms with Crippen molar-refractivity contribution < 1.29 is 23.5 Å². The first-order chi connectivity index (χ1) is 16.8. The highest BCUT2D eigenvalue weighted by atomic mass is 35.5. The van der Waals surface area contributed by atoms with Crippen LogP contribution in [0, 0.1) is 5.82 Å². The maximum Gasteiger partial charge on any atom is 0.329 e. The molecule has 0 heterocycles. The molecule has 2 N–H and O–H groups in total. The molecule has 2 rings (SSSR count). The van der Waals surface area contributed by atoms with E-state index in [1.807, 2.05) is 23.1 Å². The molecule has 190 valence electrons. The number of hydrogen-bond acceptors (Lipinski definition) is 6. The number of carbonyl (C=O) groups excluding carboxylic acids is 3. The number of hydrogen-bond donors (Lipinski definition) is 1. The molecule has 0 aliphatic carbocycles. The molecule has 7 nitrogen and oxygen atoms in total. The summed E-state index contributed by atoms with van der Waals surface area (Å²) in [5, 5.41) is 0. The predicted molar refractivity (Wildman–Crippen MR) is 135 cm³/mol. The van der Waals surface area contributed by atoms with Crippen molar-refractivity contribution in [1.82, 2.24) is 4.90 Å². The van der Waals surface area contributed by atoms with Crippen LogP contribution < -0.4 is 10.6 Å². The van der Waals surface area contributed by atoms with Crippen LogP contribution in [0.15, 0.2) is 48.5 Å². The first-order valence-corrected chi connectivity index (χ1v) is 12.3. The van der Waals surface area contributed by atoms with Crippen molar-refractivity contribution in [3.05, 3.63) is 65.5 Å². The molecule has 2 aromatic carbocycles. The molecule has 0 radical (unpaired) electrons. The van der Waals surface area contributed by atoms with Gasteiger partial charge in [0, 0.05) is 37.0 Å². The number of benzene rings is 2.